The molecule has 0 amide bonds. The molecule has 0 aliphatic carbocycles. The Morgan fingerprint density at radius 2 is 0.759 bits per heavy atom. The average Bonchev–Trinajstić information content (AvgIpc) is 3.30. The molecule has 0 aliphatic heterocycles. The summed E-state index contributed by atoms with van der Waals surface area (Å²) in [6.07, 6.45) is 5.55. The Labute approximate surface area is 335 Å². The Morgan fingerprint density at radius 1 is 0.259 bits per heavy atom. The molecule has 0 saturated carbocycles. The predicted molar refractivity (Wildman–Crippen MR) is 238 cm³/mol. The molecule has 5 nitrogen and oxygen atoms in total. The molecule has 58 heavy (non-hydrogen) atoms. The first-order valence-electron chi connectivity index (χ1n) is 19.4. The lowest BCUT2D eigenvalue weighted by Gasteiger charge is -2.14. The van der Waals surface area contributed by atoms with Crippen molar-refractivity contribution < 1.29 is 0 Å². The summed E-state index contributed by atoms with van der Waals surface area (Å²) >= 11 is 0. The smallest absolute Gasteiger partial charge is 0.0780 e. The second-order valence-electron chi connectivity index (χ2n) is 14.6. The number of aromatic nitrogens is 5. The van der Waals surface area contributed by atoms with Crippen LogP contribution in [-0.4, -0.2) is 24.9 Å². The SMILES string of the molecule is c1ccc(-c2cccc(-c3ccc4cc(-c5ccc6nc(-c7cc(-c8cccc9cccnc89)cc(-c8cccc9cccnc89)c7)ccc6c5)ccc4n3)c2)nc1. The summed E-state index contributed by atoms with van der Waals surface area (Å²) in [5.74, 6) is 0. The molecular formula is C53H33N5. The van der Waals surface area contributed by atoms with Crippen LogP contribution in [0.25, 0.3) is 111 Å². The Balaban J connectivity index is 0.952. The highest BCUT2D eigenvalue weighted by Crippen LogP contribution is 2.38. The van der Waals surface area contributed by atoms with Gasteiger partial charge < -0.3 is 0 Å². The lowest BCUT2D eigenvalue weighted by Crippen LogP contribution is -1.92. The van der Waals surface area contributed by atoms with Crippen molar-refractivity contribution in [3.8, 4) is 67.2 Å². The Kier molecular flexibility index (Phi) is 8.07. The minimum Gasteiger partial charge on any atom is -0.256 e. The zero-order valence-corrected chi connectivity index (χ0v) is 31.3. The third-order valence-electron chi connectivity index (χ3n) is 10.9. The summed E-state index contributed by atoms with van der Waals surface area (Å²) in [6.45, 7) is 0. The summed E-state index contributed by atoms with van der Waals surface area (Å²) in [5, 5.41) is 4.38. The van der Waals surface area contributed by atoms with Gasteiger partial charge in [0.2, 0.25) is 0 Å². The quantitative estimate of drug-likeness (QED) is 0.170. The summed E-state index contributed by atoms with van der Waals surface area (Å²) in [7, 11) is 0. The number of benzene rings is 6. The van der Waals surface area contributed by atoms with Crippen LogP contribution in [0, 0.1) is 0 Å². The molecule has 0 saturated heterocycles. The van der Waals surface area contributed by atoms with Gasteiger partial charge in [0.25, 0.3) is 0 Å². The van der Waals surface area contributed by atoms with E-state index in [1.807, 2.05) is 48.9 Å². The first-order chi connectivity index (χ1) is 28.7. The molecule has 0 atom stereocenters. The van der Waals surface area contributed by atoms with Crippen LogP contribution in [0.3, 0.4) is 0 Å². The molecular weight excluding hydrogens is 707 g/mol. The first kappa shape index (κ1) is 33.4. The van der Waals surface area contributed by atoms with Gasteiger partial charge in [-0.25, -0.2) is 9.97 Å². The van der Waals surface area contributed by atoms with Crippen LogP contribution < -0.4 is 0 Å². The van der Waals surface area contributed by atoms with Crippen LogP contribution in [0.4, 0.5) is 0 Å². The minimum absolute atomic E-state index is 0.905. The van der Waals surface area contributed by atoms with Gasteiger partial charge in [-0.05, 0) is 107 Å². The van der Waals surface area contributed by atoms with Crippen LogP contribution in [0.5, 0.6) is 0 Å². The largest absolute Gasteiger partial charge is 0.256 e. The first-order valence-corrected chi connectivity index (χ1v) is 19.4. The standard InChI is InChI=1S/C53H33N5/c1-2-25-54-47(16-1)38-10-3-11-39(30-38)48-23-19-40-28-36(17-21-49(40)57-48)37-18-22-50-41(29-37)20-24-51(58-50)44-32-42(45-14-4-8-34-12-6-26-55-52(34)45)31-43(33-44)46-15-5-9-35-13-7-27-56-53(35)46/h1-33H. The second kappa shape index (κ2) is 14.0. The van der Waals surface area contributed by atoms with Gasteiger partial charge in [0, 0.05) is 68.0 Å². The van der Waals surface area contributed by atoms with E-state index in [4.69, 9.17) is 19.9 Å². The number of nitrogens with zero attached hydrogens (tertiary/aromatic N) is 5. The van der Waals surface area contributed by atoms with E-state index >= 15 is 0 Å². The minimum atomic E-state index is 0.905. The molecule has 0 radical (unpaired) electrons. The van der Waals surface area contributed by atoms with Crippen molar-refractivity contribution in [2.75, 3.05) is 0 Å². The average molecular weight is 740 g/mol. The topological polar surface area (TPSA) is 64.5 Å². The monoisotopic (exact) mass is 739 g/mol. The summed E-state index contributed by atoms with van der Waals surface area (Å²) in [5.41, 5.74) is 16.4. The van der Waals surface area contributed by atoms with E-state index < -0.39 is 0 Å². The van der Waals surface area contributed by atoms with Gasteiger partial charge >= 0.3 is 0 Å². The zero-order valence-electron chi connectivity index (χ0n) is 31.3. The van der Waals surface area contributed by atoms with Crippen molar-refractivity contribution in [3.63, 3.8) is 0 Å². The maximum absolute atomic E-state index is 5.24. The molecule has 0 bridgehead atoms. The van der Waals surface area contributed by atoms with Gasteiger partial charge in [-0.2, -0.15) is 0 Å². The van der Waals surface area contributed by atoms with Gasteiger partial charge in [0.05, 0.1) is 39.1 Å². The van der Waals surface area contributed by atoms with Gasteiger partial charge in [-0.1, -0.05) is 97.1 Å². The normalized spacial score (nSPS) is 11.4. The molecule has 0 aliphatic rings. The number of pyridine rings is 5. The molecule has 11 rings (SSSR count). The van der Waals surface area contributed by atoms with Crippen molar-refractivity contribution in [2.24, 2.45) is 0 Å². The van der Waals surface area contributed by atoms with Crippen molar-refractivity contribution in [3.05, 3.63) is 201 Å². The van der Waals surface area contributed by atoms with Gasteiger partial charge in [-0.15, -0.1) is 0 Å². The lowest BCUT2D eigenvalue weighted by molar-refractivity contribution is 1.32. The maximum atomic E-state index is 5.24. The number of fused-ring (bicyclic) bond motifs is 4. The summed E-state index contributed by atoms with van der Waals surface area (Å²) in [4.78, 5) is 24.4. The lowest BCUT2D eigenvalue weighted by atomic mass is 9.92. The third-order valence-corrected chi connectivity index (χ3v) is 10.9. The van der Waals surface area contributed by atoms with E-state index in [1.54, 1.807) is 0 Å². The fraction of sp³-hybridized carbons (Fsp3) is 0. The fourth-order valence-electron chi connectivity index (χ4n) is 8.06. The number of hydrogen-bond acceptors (Lipinski definition) is 5. The third kappa shape index (κ3) is 6.12. The van der Waals surface area contributed by atoms with Crippen molar-refractivity contribution in [1.82, 2.24) is 24.9 Å². The van der Waals surface area contributed by atoms with E-state index in [2.05, 4.69) is 157 Å². The number of rotatable bonds is 6. The Bertz CT molecular complexity index is 3250. The summed E-state index contributed by atoms with van der Waals surface area (Å²) < 4.78 is 0. The molecule has 0 fully saturated rings. The van der Waals surface area contributed by atoms with Crippen LogP contribution >= 0.6 is 0 Å². The van der Waals surface area contributed by atoms with Crippen molar-refractivity contribution in [1.29, 1.82) is 0 Å². The van der Waals surface area contributed by atoms with Crippen LogP contribution in [0.1, 0.15) is 0 Å². The van der Waals surface area contributed by atoms with Crippen molar-refractivity contribution in [2.45, 2.75) is 0 Å². The van der Waals surface area contributed by atoms with E-state index in [1.165, 1.54) is 0 Å². The fourth-order valence-corrected chi connectivity index (χ4v) is 8.06. The van der Waals surface area contributed by atoms with Crippen LogP contribution in [0.15, 0.2) is 201 Å². The van der Waals surface area contributed by atoms with Crippen LogP contribution in [-0.2, 0) is 0 Å². The highest BCUT2D eigenvalue weighted by Gasteiger charge is 2.14. The zero-order chi connectivity index (χ0) is 38.4. The van der Waals surface area contributed by atoms with E-state index in [9.17, 15) is 0 Å². The molecule has 11 aromatic rings. The molecule has 6 aromatic carbocycles. The van der Waals surface area contributed by atoms with E-state index in [0.29, 0.717) is 0 Å². The van der Waals surface area contributed by atoms with E-state index in [-0.39, 0.29) is 0 Å². The molecule has 5 heteroatoms. The second-order valence-corrected chi connectivity index (χ2v) is 14.6. The number of hydrogen-bond donors (Lipinski definition) is 0. The van der Waals surface area contributed by atoms with E-state index in [0.717, 1.165) is 111 Å². The van der Waals surface area contributed by atoms with Crippen LogP contribution in [0.2, 0.25) is 0 Å². The van der Waals surface area contributed by atoms with Crippen molar-refractivity contribution >= 4 is 43.6 Å². The Hall–Kier alpha value is -7.89. The highest BCUT2D eigenvalue weighted by atomic mass is 14.7. The molecule has 0 N–H and O–H groups in total. The Morgan fingerprint density at radius 3 is 1.34 bits per heavy atom. The van der Waals surface area contributed by atoms with Gasteiger partial charge in [0.1, 0.15) is 0 Å². The van der Waals surface area contributed by atoms with Gasteiger partial charge in [0.15, 0.2) is 0 Å². The molecule has 0 spiro atoms. The molecule has 5 heterocycles. The summed E-state index contributed by atoms with van der Waals surface area (Å²) in [6, 6.07) is 63.6. The molecule has 0 unspecified atom stereocenters. The maximum Gasteiger partial charge on any atom is 0.0780 e. The number of para-hydroxylation sites is 2. The molecule has 5 aromatic heterocycles. The molecule has 270 valence electrons. The predicted octanol–water partition coefficient (Wildman–Crippen LogP) is 13.3. The highest BCUT2D eigenvalue weighted by molar-refractivity contribution is 5.99. The van der Waals surface area contributed by atoms with Gasteiger partial charge in [-0.3, -0.25) is 15.0 Å².